The highest BCUT2D eigenvalue weighted by atomic mass is 35.5. The predicted octanol–water partition coefficient (Wildman–Crippen LogP) is 4.30. The first kappa shape index (κ1) is 24.4. The van der Waals surface area contributed by atoms with E-state index in [0.717, 1.165) is 6.54 Å². The van der Waals surface area contributed by atoms with E-state index >= 15 is 0 Å². The molecule has 1 aromatic heterocycles. The molecule has 2 aromatic rings. The van der Waals surface area contributed by atoms with Crippen LogP contribution in [-0.4, -0.2) is 30.0 Å². The van der Waals surface area contributed by atoms with Crippen LogP contribution in [-0.2, 0) is 11.2 Å². The van der Waals surface area contributed by atoms with Gasteiger partial charge in [-0.25, -0.2) is 9.37 Å². The zero-order chi connectivity index (χ0) is 18.2. The first-order valence-corrected chi connectivity index (χ1v) is 9.41. The molecule has 28 heavy (non-hydrogen) atoms. The lowest BCUT2D eigenvalue weighted by molar-refractivity contribution is -0.120. The first-order valence-electron chi connectivity index (χ1n) is 9.41. The molecule has 1 saturated carbocycles. The van der Waals surface area contributed by atoms with Crippen molar-refractivity contribution in [3.63, 3.8) is 0 Å². The van der Waals surface area contributed by atoms with E-state index in [1.807, 2.05) is 0 Å². The second kappa shape index (κ2) is 12.8. The standard InChI is InChI=1S/C20H26FN3O2.2ClH/c21-16-9-7-15(8-10-16)20-24-18(14-26-20)13-19(25)23-12-11-22-17-5-3-1-2-4-6-17;;/h7-10,14,17,22H,1-6,11-13H2,(H,23,25);2*1H. The number of halogens is 3. The Kier molecular flexibility index (Phi) is 11.1. The van der Waals surface area contributed by atoms with Crippen LogP contribution in [0, 0.1) is 5.82 Å². The molecule has 0 bridgehead atoms. The van der Waals surface area contributed by atoms with Crippen LogP contribution >= 0.6 is 24.8 Å². The van der Waals surface area contributed by atoms with Crippen LogP contribution in [0.3, 0.4) is 0 Å². The molecule has 1 fully saturated rings. The fourth-order valence-corrected chi connectivity index (χ4v) is 3.30. The van der Waals surface area contributed by atoms with Crippen molar-refractivity contribution in [2.24, 2.45) is 0 Å². The van der Waals surface area contributed by atoms with Crippen molar-refractivity contribution in [2.45, 2.75) is 51.0 Å². The molecule has 1 heterocycles. The van der Waals surface area contributed by atoms with Crippen molar-refractivity contribution in [1.29, 1.82) is 0 Å². The summed E-state index contributed by atoms with van der Waals surface area (Å²) >= 11 is 0. The number of hydrogen-bond donors (Lipinski definition) is 2. The number of carbonyl (C=O) groups is 1. The van der Waals surface area contributed by atoms with Crippen LogP contribution < -0.4 is 10.6 Å². The maximum atomic E-state index is 13.0. The Morgan fingerprint density at radius 2 is 1.75 bits per heavy atom. The Morgan fingerprint density at radius 3 is 2.43 bits per heavy atom. The van der Waals surface area contributed by atoms with E-state index in [1.165, 1.54) is 56.9 Å². The molecule has 1 aromatic carbocycles. The summed E-state index contributed by atoms with van der Waals surface area (Å²) in [6, 6.07) is 6.50. The largest absolute Gasteiger partial charge is 0.444 e. The molecule has 0 atom stereocenters. The van der Waals surface area contributed by atoms with Gasteiger partial charge in [0, 0.05) is 24.7 Å². The van der Waals surface area contributed by atoms with Gasteiger partial charge in [0.1, 0.15) is 12.1 Å². The van der Waals surface area contributed by atoms with Gasteiger partial charge in [-0.1, -0.05) is 25.7 Å². The van der Waals surface area contributed by atoms with E-state index in [4.69, 9.17) is 4.42 Å². The summed E-state index contributed by atoms with van der Waals surface area (Å²) in [6.45, 7) is 1.40. The third-order valence-electron chi connectivity index (χ3n) is 4.72. The average molecular weight is 432 g/mol. The molecule has 5 nitrogen and oxygen atoms in total. The molecule has 0 unspecified atom stereocenters. The SMILES string of the molecule is Cl.Cl.O=C(Cc1coc(-c2ccc(F)cc2)n1)NCCNC1CCCCCC1. The summed E-state index contributed by atoms with van der Waals surface area (Å²) in [4.78, 5) is 16.3. The Balaban J connectivity index is 0.00000196. The number of benzene rings is 1. The molecule has 0 spiro atoms. The second-order valence-corrected chi connectivity index (χ2v) is 6.82. The Labute approximate surface area is 177 Å². The van der Waals surface area contributed by atoms with Gasteiger partial charge in [-0.3, -0.25) is 4.79 Å². The molecular weight excluding hydrogens is 404 g/mol. The number of aromatic nitrogens is 1. The molecule has 8 heteroatoms. The quantitative estimate of drug-likeness (QED) is 0.506. The summed E-state index contributed by atoms with van der Waals surface area (Å²) in [5, 5.41) is 6.44. The van der Waals surface area contributed by atoms with Gasteiger partial charge in [0.15, 0.2) is 0 Å². The van der Waals surface area contributed by atoms with E-state index in [9.17, 15) is 9.18 Å². The molecule has 2 N–H and O–H groups in total. The number of oxazole rings is 1. The average Bonchev–Trinajstić information content (AvgIpc) is 2.94. The lowest BCUT2D eigenvalue weighted by Gasteiger charge is -2.16. The van der Waals surface area contributed by atoms with E-state index in [1.54, 1.807) is 12.1 Å². The molecule has 0 aliphatic heterocycles. The van der Waals surface area contributed by atoms with Gasteiger partial charge in [-0.05, 0) is 37.1 Å². The highest BCUT2D eigenvalue weighted by Gasteiger charge is 2.12. The van der Waals surface area contributed by atoms with Gasteiger partial charge in [0.25, 0.3) is 0 Å². The third kappa shape index (κ3) is 7.78. The van der Waals surface area contributed by atoms with E-state index < -0.39 is 0 Å². The number of rotatable bonds is 7. The van der Waals surface area contributed by atoms with Crippen LogP contribution in [0.5, 0.6) is 0 Å². The van der Waals surface area contributed by atoms with Crippen molar-refractivity contribution in [3.05, 3.63) is 42.0 Å². The van der Waals surface area contributed by atoms with E-state index in [-0.39, 0.29) is 43.0 Å². The van der Waals surface area contributed by atoms with Crippen LogP contribution in [0.25, 0.3) is 11.5 Å². The molecule has 1 amide bonds. The lowest BCUT2D eigenvalue weighted by Crippen LogP contribution is -2.37. The van der Waals surface area contributed by atoms with Crippen molar-refractivity contribution in [1.82, 2.24) is 15.6 Å². The van der Waals surface area contributed by atoms with E-state index in [2.05, 4.69) is 15.6 Å². The van der Waals surface area contributed by atoms with Gasteiger partial charge in [0.05, 0.1) is 12.1 Å². The summed E-state index contributed by atoms with van der Waals surface area (Å²) in [5.74, 6) is 0.00631. The fraction of sp³-hybridized carbons (Fsp3) is 0.500. The number of amides is 1. The molecule has 1 aliphatic carbocycles. The monoisotopic (exact) mass is 431 g/mol. The summed E-state index contributed by atoms with van der Waals surface area (Å²) < 4.78 is 18.3. The number of carbonyl (C=O) groups excluding carboxylic acids is 1. The Morgan fingerprint density at radius 1 is 1.07 bits per heavy atom. The molecule has 0 radical (unpaired) electrons. The van der Waals surface area contributed by atoms with Crippen molar-refractivity contribution >= 4 is 30.7 Å². The van der Waals surface area contributed by atoms with Crippen LogP contribution in [0.4, 0.5) is 4.39 Å². The normalized spacial score (nSPS) is 14.5. The van der Waals surface area contributed by atoms with Crippen molar-refractivity contribution in [2.75, 3.05) is 13.1 Å². The van der Waals surface area contributed by atoms with Gasteiger partial charge in [-0.2, -0.15) is 0 Å². The van der Waals surface area contributed by atoms with Gasteiger partial charge < -0.3 is 15.1 Å². The van der Waals surface area contributed by atoms with Gasteiger partial charge in [-0.15, -0.1) is 24.8 Å². The van der Waals surface area contributed by atoms with Crippen molar-refractivity contribution < 1.29 is 13.6 Å². The fourth-order valence-electron chi connectivity index (χ4n) is 3.30. The summed E-state index contributed by atoms with van der Waals surface area (Å²) in [6.07, 6.45) is 9.40. The second-order valence-electron chi connectivity index (χ2n) is 6.82. The maximum Gasteiger partial charge on any atom is 0.226 e. The minimum Gasteiger partial charge on any atom is -0.444 e. The minimum atomic E-state index is -0.308. The third-order valence-corrected chi connectivity index (χ3v) is 4.72. The van der Waals surface area contributed by atoms with Crippen molar-refractivity contribution in [3.8, 4) is 11.5 Å². The Hall–Kier alpha value is -1.63. The molecule has 156 valence electrons. The number of nitrogens with one attached hydrogen (secondary N) is 2. The highest BCUT2D eigenvalue weighted by Crippen LogP contribution is 2.19. The van der Waals surface area contributed by atoms with Gasteiger partial charge >= 0.3 is 0 Å². The summed E-state index contributed by atoms with van der Waals surface area (Å²) in [7, 11) is 0. The molecule has 3 rings (SSSR count). The smallest absolute Gasteiger partial charge is 0.226 e. The molecule has 1 aliphatic rings. The van der Waals surface area contributed by atoms with Crippen LogP contribution in [0.1, 0.15) is 44.2 Å². The number of hydrogen-bond acceptors (Lipinski definition) is 4. The zero-order valence-corrected chi connectivity index (χ0v) is 17.4. The molecule has 0 saturated heterocycles. The lowest BCUT2D eigenvalue weighted by atomic mass is 10.1. The topological polar surface area (TPSA) is 67.2 Å². The van der Waals surface area contributed by atoms with Crippen LogP contribution in [0.15, 0.2) is 34.9 Å². The number of nitrogens with zero attached hydrogens (tertiary/aromatic N) is 1. The maximum absolute atomic E-state index is 13.0. The molecular formula is C20H28Cl2FN3O2. The zero-order valence-electron chi connectivity index (χ0n) is 15.8. The van der Waals surface area contributed by atoms with Gasteiger partial charge in [0.2, 0.25) is 11.8 Å². The van der Waals surface area contributed by atoms with Crippen LogP contribution in [0.2, 0.25) is 0 Å². The highest BCUT2D eigenvalue weighted by molar-refractivity contribution is 5.85. The van der Waals surface area contributed by atoms with E-state index in [0.29, 0.717) is 29.7 Å². The minimum absolute atomic E-state index is 0. The first-order chi connectivity index (χ1) is 12.7. The Bertz CT molecular complexity index is 702. The summed E-state index contributed by atoms with van der Waals surface area (Å²) in [5.41, 5.74) is 1.25. The predicted molar refractivity (Wildman–Crippen MR) is 113 cm³/mol.